The third kappa shape index (κ3) is 40.9. The Hall–Kier alpha value is -9.77. The van der Waals surface area contributed by atoms with Gasteiger partial charge in [-0.2, -0.15) is 24.4 Å². The van der Waals surface area contributed by atoms with Gasteiger partial charge in [-0.15, -0.1) is 0 Å². The van der Waals surface area contributed by atoms with E-state index in [0.29, 0.717) is 37.9 Å². The number of aliphatic carboxylic acids is 1. The molecule has 1 fully saturated rings. The van der Waals surface area contributed by atoms with Crippen LogP contribution in [0.1, 0.15) is 138 Å². The van der Waals surface area contributed by atoms with Crippen LogP contribution in [0.2, 0.25) is 0 Å². The van der Waals surface area contributed by atoms with Gasteiger partial charge < -0.3 is 134 Å². The molecule has 30 N–H and O–H groups in total. The number of unbranched alkanes of at least 4 members (excludes halogenated alkanes) is 2. The lowest BCUT2D eigenvalue weighted by atomic mass is 10.00. The Balaban J connectivity index is 3.32. The topological polar surface area (TPSA) is 720 Å². The monoisotopic (exact) mass is 1670 g/mol. The molecule has 1 rings (SSSR count). The number of carbonyl (C=O) groups excluding carboxylic acids is 17. The summed E-state index contributed by atoms with van der Waals surface area (Å²) in [5, 5.41) is 67.0. The minimum atomic E-state index is -1.75. The molecule has 1 aliphatic rings. The smallest absolute Gasteiger partial charge is 0.327 e. The molecular weight excluding hydrogens is 1550 g/mol. The maximum Gasteiger partial charge on any atom is 0.327 e. The summed E-state index contributed by atoms with van der Waals surface area (Å²) in [7, 11) is 0. The highest BCUT2D eigenvalue weighted by molar-refractivity contribution is 7.98. The number of nitrogens with two attached hydrogens (primary N) is 6. The molecule has 652 valence electrons. The van der Waals surface area contributed by atoms with Crippen molar-refractivity contribution < 1.29 is 102 Å². The molecule has 13 atom stereocenters. The second kappa shape index (κ2) is 55.7. The van der Waals surface area contributed by atoms with E-state index in [2.05, 4.69) is 97.4 Å². The van der Waals surface area contributed by atoms with Gasteiger partial charge in [-0.1, -0.05) is 41.5 Å². The minimum Gasteiger partial charge on any atom is -0.480 e. The first-order valence-electron chi connectivity index (χ1n) is 37.9. The number of aliphatic hydroxyl groups is 2. The van der Waals surface area contributed by atoms with E-state index in [9.17, 15) is 102 Å². The fourth-order valence-corrected chi connectivity index (χ4v) is 12.1. The molecule has 0 aliphatic carbocycles. The molecule has 0 spiro atoms. The molecule has 17 amide bonds. The third-order valence-electron chi connectivity index (χ3n) is 17.4. The maximum atomic E-state index is 14.7. The van der Waals surface area contributed by atoms with Crippen molar-refractivity contribution in [3.63, 3.8) is 0 Å². The molecule has 1 aliphatic heterocycles. The van der Waals surface area contributed by atoms with E-state index in [-0.39, 0.29) is 101 Å². The molecule has 115 heavy (non-hydrogen) atoms. The fourth-order valence-electron chi connectivity index (χ4n) is 11.4. The summed E-state index contributed by atoms with van der Waals surface area (Å²) >= 11 is 5.20. The van der Waals surface area contributed by atoms with Crippen LogP contribution in [-0.2, 0) is 86.3 Å². The van der Waals surface area contributed by atoms with Crippen LogP contribution < -0.4 is 114 Å². The molecule has 44 nitrogen and oxygen atoms in total. The predicted molar refractivity (Wildman–Crippen MR) is 424 cm³/mol. The highest BCUT2D eigenvalue weighted by Gasteiger charge is 2.42. The van der Waals surface area contributed by atoms with Crippen molar-refractivity contribution in [3.05, 3.63) is 0 Å². The standard InChI is InChI=1S/C69H123N23O21S2/c1-35(2)25-43(62(106)89-46(33-93)64(108)87-44(26-36(3)4)63(107)91-56(38(7)94)66(110)86-42(19-24-115-8)59(103)79-32-54(100)85-47(34-114)68(112)113)88-65(109)48-18-14-23-92(48)67(111)55(37(5)6)90-61(105)41(16-10-12-21-71)83-53(99)30-77-57(101)39(15-9-11-20-70)81-51(97)29-78-58(102)40(17-13-22-76-69(74)75)82-52(98)31-80-60(104)45(27-49(73)95)84-50(96)28-72/h35-48,55-56,93-94,114H,9-34,70-72H2,1-8H3,(H2,73,95)(H,77,101)(H,78,102)(H,79,103)(H,80,104)(H,81,97)(H,82,98)(H,83,99)(H,84,96)(H,85,100)(H,86,110)(H,87,108)(H,88,109)(H,89,106)(H,90,105)(H,91,107)(H,112,113)(H4,74,75,76)/t38-,39+,40+,41+,42+,43+,44+,45+,46+,47+,48+,55+,56+/m1/s1. The van der Waals surface area contributed by atoms with Crippen LogP contribution in [0.25, 0.3) is 0 Å². The lowest BCUT2D eigenvalue weighted by Gasteiger charge is -2.32. The number of carboxylic acids is 1. The lowest BCUT2D eigenvalue weighted by molar-refractivity contribution is -0.143. The van der Waals surface area contributed by atoms with Crippen molar-refractivity contribution in [1.82, 2.24) is 84.7 Å². The Bertz CT molecular complexity index is 3300. The number of guanidine groups is 1. The van der Waals surface area contributed by atoms with Gasteiger partial charge in [0.15, 0.2) is 5.96 Å². The van der Waals surface area contributed by atoms with E-state index >= 15 is 0 Å². The van der Waals surface area contributed by atoms with Crippen molar-refractivity contribution in [2.45, 2.75) is 217 Å². The maximum absolute atomic E-state index is 14.7. The van der Waals surface area contributed by atoms with Crippen molar-refractivity contribution in [2.24, 2.45) is 57.1 Å². The third-order valence-corrected chi connectivity index (χ3v) is 18.4. The van der Waals surface area contributed by atoms with E-state index in [4.69, 9.17) is 34.4 Å². The summed E-state index contributed by atoms with van der Waals surface area (Å²) in [5.41, 5.74) is 32.8. The predicted octanol–water partition coefficient (Wildman–Crippen LogP) is -10.2. The fraction of sp³-hybridized carbons (Fsp3) is 0.725. The highest BCUT2D eigenvalue weighted by atomic mass is 32.2. The second-order valence-electron chi connectivity index (χ2n) is 28.5. The van der Waals surface area contributed by atoms with Crippen LogP contribution in [0.4, 0.5) is 0 Å². The number of thiol groups is 1. The Morgan fingerprint density at radius 2 is 0.878 bits per heavy atom. The summed E-state index contributed by atoms with van der Waals surface area (Å²) < 4.78 is 0. The van der Waals surface area contributed by atoms with Crippen LogP contribution in [0, 0.1) is 17.8 Å². The van der Waals surface area contributed by atoms with Gasteiger partial charge in [0.2, 0.25) is 100 Å². The van der Waals surface area contributed by atoms with Crippen molar-refractivity contribution in [2.75, 3.05) is 83.3 Å². The Kier molecular flexibility index (Phi) is 50.0. The van der Waals surface area contributed by atoms with Gasteiger partial charge in [-0.05, 0) is 133 Å². The van der Waals surface area contributed by atoms with E-state index in [0.717, 1.165) is 0 Å². The number of rotatable bonds is 57. The number of hydrogen-bond donors (Lipinski definition) is 25. The number of likely N-dealkylation sites (tertiary alicyclic amines) is 1. The van der Waals surface area contributed by atoms with Gasteiger partial charge >= 0.3 is 5.97 Å². The first kappa shape index (κ1) is 103. The molecule has 0 aromatic carbocycles. The molecule has 1 heterocycles. The number of thioether (sulfide) groups is 1. The number of nitrogens with one attached hydrogen (secondary N) is 15. The average molecular weight is 1680 g/mol. The van der Waals surface area contributed by atoms with Crippen molar-refractivity contribution in [1.29, 1.82) is 0 Å². The van der Waals surface area contributed by atoms with Crippen LogP contribution in [-0.4, -0.2) is 294 Å². The molecule has 46 heteroatoms. The van der Waals surface area contributed by atoms with Crippen LogP contribution in [0.5, 0.6) is 0 Å². The SMILES string of the molecule is CSCC[C@H](NC(=O)[C@@H](NC(=O)[C@H](CC(C)C)NC(=O)[C@H](CO)NC(=O)[C@H](CC(C)C)NC(=O)[C@@H]1CCCN1C(=O)[C@@H](NC(=O)[C@H](CCCCN)NC(=O)CNC(=O)[C@H](CCCCN)NC(=O)CNC(=O)[C@H](CCCN=C(N)N)NC(=O)CNC(=O)[C@H](CC(N)=O)NC(=O)CN)C(C)C)[C@@H](C)O)C(=O)NCC(=O)N[C@@H](CS)C(=O)O. The van der Waals surface area contributed by atoms with E-state index in [1.165, 1.54) is 23.6 Å². The molecule has 0 bridgehead atoms. The molecule has 0 unspecified atom stereocenters. The van der Waals surface area contributed by atoms with Gasteiger partial charge in [0.25, 0.3) is 0 Å². The molecule has 1 saturated heterocycles. The van der Waals surface area contributed by atoms with Gasteiger partial charge in [0.05, 0.1) is 51.9 Å². The van der Waals surface area contributed by atoms with Crippen molar-refractivity contribution in [3.8, 4) is 0 Å². The summed E-state index contributed by atoms with van der Waals surface area (Å²) in [4.78, 5) is 245. The zero-order valence-corrected chi connectivity index (χ0v) is 68.2. The zero-order valence-electron chi connectivity index (χ0n) is 66.5. The summed E-state index contributed by atoms with van der Waals surface area (Å²) in [6, 6.07) is -17.0. The van der Waals surface area contributed by atoms with Gasteiger partial charge in [0.1, 0.15) is 72.5 Å². The molecule has 0 saturated carbocycles. The number of amides is 17. The number of carbonyl (C=O) groups is 18. The van der Waals surface area contributed by atoms with Gasteiger partial charge in [-0.3, -0.25) is 86.5 Å². The lowest BCUT2D eigenvalue weighted by Crippen LogP contribution is -2.62. The number of aliphatic imine (C=N–C) groups is 1. The van der Waals surface area contributed by atoms with E-state index in [1.54, 1.807) is 47.8 Å². The number of nitrogens with zero attached hydrogens (tertiary/aromatic N) is 2. The van der Waals surface area contributed by atoms with E-state index in [1.807, 2.05) is 0 Å². The van der Waals surface area contributed by atoms with Gasteiger partial charge in [-0.25, -0.2) is 4.79 Å². The van der Waals surface area contributed by atoms with Crippen molar-refractivity contribution >= 4 is 137 Å². The summed E-state index contributed by atoms with van der Waals surface area (Å²) in [6.45, 7) is 7.30. The first-order valence-corrected chi connectivity index (χ1v) is 40.0. The molecular formula is C69H123N23O21S2. The number of carboxylic acid groups (broad SMARTS) is 1. The quantitative estimate of drug-likeness (QED) is 0.0116. The number of aliphatic hydroxyl groups excluding tert-OH is 2. The Morgan fingerprint density at radius 3 is 1.30 bits per heavy atom. The molecule has 0 radical (unpaired) electrons. The Labute approximate surface area is 677 Å². The van der Waals surface area contributed by atoms with Crippen LogP contribution >= 0.6 is 24.4 Å². The largest absolute Gasteiger partial charge is 0.480 e. The normalized spacial score (nSPS) is 15.6. The molecule has 0 aromatic heterocycles. The average Bonchev–Trinajstić information content (AvgIpc) is 1.72. The van der Waals surface area contributed by atoms with Crippen LogP contribution in [0.15, 0.2) is 4.99 Å². The summed E-state index contributed by atoms with van der Waals surface area (Å²) in [5.74, 6) is -18.0. The minimum absolute atomic E-state index is 0.00140. The van der Waals surface area contributed by atoms with Gasteiger partial charge in [0, 0.05) is 18.8 Å². The number of hydrogen-bond acceptors (Lipinski definition) is 26. The highest BCUT2D eigenvalue weighted by Crippen LogP contribution is 2.22. The molecule has 0 aromatic rings. The second-order valence-corrected chi connectivity index (χ2v) is 29.9. The van der Waals surface area contributed by atoms with E-state index < -0.39 is 237 Å². The first-order chi connectivity index (χ1) is 54.2. The Morgan fingerprint density at radius 1 is 0.478 bits per heavy atom. The van der Waals surface area contributed by atoms with Crippen LogP contribution in [0.3, 0.4) is 0 Å². The number of primary amides is 1. The zero-order chi connectivity index (χ0) is 87.2. The summed E-state index contributed by atoms with van der Waals surface area (Å²) in [6.07, 6.45) is 1.21.